The van der Waals surface area contributed by atoms with Gasteiger partial charge in [-0.2, -0.15) is 4.98 Å². The van der Waals surface area contributed by atoms with Gasteiger partial charge in [-0.3, -0.25) is 4.79 Å². The minimum absolute atomic E-state index is 0.154. The molecule has 9 heteroatoms. The van der Waals surface area contributed by atoms with E-state index in [0.717, 1.165) is 12.8 Å². The van der Waals surface area contributed by atoms with Crippen molar-refractivity contribution in [2.75, 3.05) is 20.3 Å². The quantitative estimate of drug-likeness (QED) is 0.856. The molecule has 2 aromatic rings. The number of hydrogen-bond donors (Lipinski definition) is 1. The van der Waals surface area contributed by atoms with Crippen molar-refractivity contribution in [2.24, 2.45) is 0 Å². The van der Waals surface area contributed by atoms with Crippen LogP contribution in [-0.4, -0.2) is 46.3 Å². The lowest BCUT2D eigenvalue weighted by atomic mass is 10.00. The zero-order valence-corrected chi connectivity index (χ0v) is 12.7. The van der Waals surface area contributed by atoms with Crippen LogP contribution in [0.2, 0.25) is 0 Å². The van der Waals surface area contributed by atoms with Gasteiger partial charge in [0, 0.05) is 31.5 Å². The van der Waals surface area contributed by atoms with Crippen LogP contribution in [0.4, 0.5) is 0 Å². The first-order valence-electron chi connectivity index (χ1n) is 7.30. The summed E-state index contributed by atoms with van der Waals surface area (Å²) in [6.45, 7) is 1.58. The van der Waals surface area contributed by atoms with E-state index in [1.165, 1.54) is 19.5 Å². The lowest BCUT2D eigenvalue weighted by molar-refractivity contribution is 0.0830. The molecule has 0 saturated carbocycles. The fourth-order valence-corrected chi connectivity index (χ4v) is 2.26. The molecule has 0 unspecified atom stereocenters. The van der Waals surface area contributed by atoms with E-state index in [9.17, 15) is 4.79 Å². The first-order valence-corrected chi connectivity index (χ1v) is 7.30. The van der Waals surface area contributed by atoms with Crippen LogP contribution in [0, 0.1) is 0 Å². The summed E-state index contributed by atoms with van der Waals surface area (Å²) < 4.78 is 15.3. The molecular weight excluding hydrogens is 302 g/mol. The first-order chi connectivity index (χ1) is 11.3. The van der Waals surface area contributed by atoms with Crippen LogP contribution in [0.3, 0.4) is 0 Å². The molecule has 0 aliphatic carbocycles. The average molecular weight is 319 g/mol. The van der Waals surface area contributed by atoms with Crippen LogP contribution in [0.25, 0.3) is 0 Å². The van der Waals surface area contributed by atoms with Gasteiger partial charge in [0.2, 0.25) is 5.89 Å². The Morgan fingerprint density at radius 2 is 2.09 bits per heavy atom. The highest BCUT2D eigenvalue weighted by Gasteiger charge is 2.21. The van der Waals surface area contributed by atoms with Crippen molar-refractivity contribution in [1.82, 2.24) is 25.4 Å². The van der Waals surface area contributed by atoms with Crippen molar-refractivity contribution in [3.05, 3.63) is 29.7 Å². The maximum Gasteiger partial charge on any atom is 0.316 e. The summed E-state index contributed by atoms with van der Waals surface area (Å²) in [5.41, 5.74) is 0.329. The summed E-state index contributed by atoms with van der Waals surface area (Å²) in [6, 6.07) is 0.208. The normalized spacial score (nSPS) is 15.3. The smallest absolute Gasteiger partial charge is 0.316 e. The van der Waals surface area contributed by atoms with E-state index in [2.05, 4.69) is 25.4 Å². The molecule has 2 aromatic heterocycles. The number of rotatable bonds is 5. The van der Waals surface area contributed by atoms with Gasteiger partial charge in [-0.05, 0) is 12.8 Å². The van der Waals surface area contributed by atoms with Crippen LogP contribution >= 0.6 is 0 Å². The predicted octanol–water partition coefficient (Wildman–Crippen LogP) is 0.692. The third kappa shape index (κ3) is 3.81. The minimum Gasteiger partial charge on any atom is -0.467 e. The van der Waals surface area contributed by atoms with Gasteiger partial charge < -0.3 is 19.3 Å². The van der Waals surface area contributed by atoms with Crippen molar-refractivity contribution in [3.8, 4) is 6.01 Å². The van der Waals surface area contributed by atoms with Crippen molar-refractivity contribution >= 4 is 5.91 Å². The summed E-state index contributed by atoms with van der Waals surface area (Å²) in [7, 11) is 1.46. The fraction of sp³-hybridized carbons (Fsp3) is 0.500. The number of nitrogens with zero attached hydrogens (tertiary/aromatic N) is 4. The number of carbonyl (C=O) groups excluding carboxylic acids is 1. The number of methoxy groups -OCH3 is 1. The molecule has 3 heterocycles. The monoisotopic (exact) mass is 319 g/mol. The van der Waals surface area contributed by atoms with Crippen molar-refractivity contribution < 1.29 is 18.8 Å². The predicted molar refractivity (Wildman–Crippen MR) is 76.8 cm³/mol. The molecule has 1 N–H and O–H groups in total. The Labute approximate surface area is 132 Å². The standard InChI is InChI=1S/C14H17N5O4/c1-21-14-16-6-10(7-17-14)13(20)15-8-11-18-12(19-23-11)9-2-4-22-5-3-9/h6-7,9H,2-5,8H2,1H3,(H,15,20). The summed E-state index contributed by atoms with van der Waals surface area (Å²) in [4.78, 5) is 24.1. The molecule has 1 amide bonds. The Morgan fingerprint density at radius 3 is 2.78 bits per heavy atom. The lowest BCUT2D eigenvalue weighted by Crippen LogP contribution is -2.23. The molecule has 122 valence electrons. The number of aromatic nitrogens is 4. The number of amides is 1. The summed E-state index contributed by atoms with van der Waals surface area (Å²) in [5.74, 6) is 0.977. The molecule has 3 rings (SSSR count). The van der Waals surface area contributed by atoms with Crippen LogP contribution in [0.5, 0.6) is 6.01 Å². The van der Waals surface area contributed by atoms with Gasteiger partial charge >= 0.3 is 6.01 Å². The number of ether oxygens (including phenoxy) is 2. The molecule has 1 aliphatic rings. The number of carbonyl (C=O) groups is 1. The van der Waals surface area contributed by atoms with Crippen LogP contribution in [-0.2, 0) is 11.3 Å². The van der Waals surface area contributed by atoms with Gasteiger partial charge in [0.1, 0.15) is 0 Å². The summed E-state index contributed by atoms with van der Waals surface area (Å²) in [6.07, 6.45) is 4.55. The average Bonchev–Trinajstić information content (AvgIpc) is 3.09. The lowest BCUT2D eigenvalue weighted by Gasteiger charge is -2.18. The maximum atomic E-state index is 12.0. The van der Waals surface area contributed by atoms with Crippen LogP contribution < -0.4 is 10.1 Å². The Morgan fingerprint density at radius 1 is 1.35 bits per heavy atom. The zero-order valence-electron chi connectivity index (χ0n) is 12.7. The summed E-state index contributed by atoms with van der Waals surface area (Å²) in [5, 5.41) is 6.67. The van der Waals surface area contributed by atoms with E-state index in [1.54, 1.807) is 0 Å². The van der Waals surface area contributed by atoms with E-state index >= 15 is 0 Å². The number of nitrogens with one attached hydrogen (secondary N) is 1. The molecule has 1 saturated heterocycles. The highest BCUT2D eigenvalue weighted by atomic mass is 16.5. The van der Waals surface area contributed by atoms with E-state index < -0.39 is 0 Å². The minimum atomic E-state index is -0.321. The molecule has 0 bridgehead atoms. The molecule has 9 nitrogen and oxygen atoms in total. The largest absolute Gasteiger partial charge is 0.467 e. The molecule has 0 atom stereocenters. The van der Waals surface area contributed by atoms with Gasteiger partial charge in [-0.25, -0.2) is 9.97 Å². The van der Waals surface area contributed by atoms with Gasteiger partial charge in [0.15, 0.2) is 5.82 Å². The van der Waals surface area contributed by atoms with E-state index in [1.807, 2.05) is 0 Å². The van der Waals surface area contributed by atoms with E-state index in [-0.39, 0.29) is 24.4 Å². The molecular formula is C14H17N5O4. The Balaban J connectivity index is 1.55. The van der Waals surface area contributed by atoms with Crippen molar-refractivity contribution in [1.29, 1.82) is 0 Å². The second kappa shape index (κ2) is 7.14. The first kappa shape index (κ1) is 15.3. The second-order valence-corrected chi connectivity index (χ2v) is 5.07. The molecule has 1 fully saturated rings. The van der Waals surface area contributed by atoms with E-state index in [4.69, 9.17) is 14.0 Å². The van der Waals surface area contributed by atoms with Crippen LogP contribution in [0.15, 0.2) is 16.9 Å². The third-order valence-corrected chi connectivity index (χ3v) is 3.54. The molecule has 0 aromatic carbocycles. The Hall–Kier alpha value is -2.55. The zero-order chi connectivity index (χ0) is 16.1. The second-order valence-electron chi connectivity index (χ2n) is 5.07. The fourth-order valence-electron chi connectivity index (χ4n) is 2.26. The Bertz CT molecular complexity index is 651. The van der Waals surface area contributed by atoms with Crippen molar-refractivity contribution in [3.63, 3.8) is 0 Å². The van der Waals surface area contributed by atoms with Gasteiger partial charge in [0.05, 0.1) is 19.2 Å². The van der Waals surface area contributed by atoms with Gasteiger partial charge in [-0.1, -0.05) is 5.16 Å². The highest BCUT2D eigenvalue weighted by Crippen LogP contribution is 2.24. The molecule has 23 heavy (non-hydrogen) atoms. The van der Waals surface area contributed by atoms with Gasteiger partial charge in [-0.15, -0.1) is 0 Å². The highest BCUT2D eigenvalue weighted by molar-refractivity contribution is 5.93. The topological polar surface area (TPSA) is 112 Å². The maximum absolute atomic E-state index is 12.0. The SMILES string of the molecule is COc1ncc(C(=O)NCc2nc(C3CCOCC3)no2)cn1. The molecule has 0 spiro atoms. The third-order valence-electron chi connectivity index (χ3n) is 3.54. The molecule has 1 aliphatic heterocycles. The van der Waals surface area contributed by atoms with Crippen LogP contribution in [0.1, 0.15) is 40.8 Å². The summed E-state index contributed by atoms with van der Waals surface area (Å²) >= 11 is 0. The van der Waals surface area contributed by atoms with E-state index in [0.29, 0.717) is 30.5 Å². The van der Waals surface area contributed by atoms with Gasteiger partial charge in [0.25, 0.3) is 5.91 Å². The number of hydrogen-bond acceptors (Lipinski definition) is 8. The molecule has 0 radical (unpaired) electrons. The van der Waals surface area contributed by atoms with Crippen molar-refractivity contribution in [2.45, 2.75) is 25.3 Å². The Kier molecular flexibility index (Phi) is 4.77.